The van der Waals surface area contributed by atoms with Gasteiger partial charge in [-0.25, -0.2) is 0 Å². The van der Waals surface area contributed by atoms with Crippen LogP contribution in [0.15, 0.2) is 42.5 Å². The standard InChI is InChI=1S/C18H20ClNO/c1-12-17(19)7-4-8-18(12)20-15-9-14(10-15)13-5-3-6-16(11-13)21-2/h3-8,11,14-15,20H,9-10H2,1-2H3. The van der Waals surface area contributed by atoms with Crippen molar-refractivity contribution in [2.45, 2.75) is 31.7 Å². The first kappa shape index (κ1) is 14.3. The summed E-state index contributed by atoms with van der Waals surface area (Å²) in [6, 6.07) is 14.9. The van der Waals surface area contributed by atoms with E-state index in [4.69, 9.17) is 16.3 Å². The van der Waals surface area contributed by atoms with E-state index in [1.54, 1.807) is 7.11 Å². The Labute approximate surface area is 131 Å². The summed E-state index contributed by atoms with van der Waals surface area (Å²) in [6.07, 6.45) is 2.30. The fourth-order valence-corrected chi connectivity index (χ4v) is 3.06. The van der Waals surface area contributed by atoms with Crippen LogP contribution in [0.5, 0.6) is 5.75 Å². The van der Waals surface area contributed by atoms with Crippen LogP contribution in [0.1, 0.15) is 29.9 Å². The van der Waals surface area contributed by atoms with Gasteiger partial charge in [0, 0.05) is 16.8 Å². The van der Waals surface area contributed by atoms with Crippen molar-refractivity contribution in [3.05, 3.63) is 58.6 Å². The second-order valence-electron chi connectivity index (χ2n) is 5.70. The monoisotopic (exact) mass is 301 g/mol. The molecule has 0 aliphatic heterocycles. The zero-order valence-electron chi connectivity index (χ0n) is 12.4. The van der Waals surface area contributed by atoms with E-state index in [1.165, 1.54) is 5.56 Å². The van der Waals surface area contributed by atoms with Gasteiger partial charge in [-0.15, -0.1) is 0 Å². The van der Waals surface area contributed by atoms with Gasteiger partial charge in [0.15, 0.2) is 0 Å². The average Bonchev–Trinajstić information content (AvgIpc) is 2.46. The van der Waals surface area contributed by atoms with Crippen molar-refractivity contribution in [2.24, 2.45) is 0 Å². The fourth-order valence-electron chi connectivity index (χ4n) is 2.89. The molecule has 0 bridgehead atoms. The minimum absolute atomic E-state index is 0.526. The highest BCUT2D eigenvalue weighted by atomic mass is 35.5. The van der Waals surface area contributed by atoms with E-state index >= 15 is 0 Å². The van der Waals surface area contributed by atoms with Crippen molar-refractivity contribution in [1.29, 1.82) is 0 Å². The summed E-state index contributed by atoms with van der Waals surface area (Å²) < 4.78 is 5.29. The number of methoxy groups -OCH3 is 1. The Morgan fingerprint density at radius 3 is 2.67 bits per heavy atom. The molecule has 1 aliphatic carbocycles. The molecule has 1 N–H and O–H groups in total. The highest BCUT2D eigenvalue weighted by Crippen LogP contribution is 2.40. The number of halogens is 1. The van der Waals surface area contributed by atoms with E-state index in [1.807, 2.05) is 18.2 Å². The van der Waals surface area contributed by atoms with Crippen molar-refractivity contribution in [3.63, 3.8) is 0 Å². The number of ether oxygens (including phenoxy) is 1. The lowest BCUT2D eigenvalue weighted by molar-refractivity contribution is 0.370. The zero-order chi connectivity index (χ0) is 14.8. The first-order valence-electron chi connectivity index (χ1n) is 7.33. The summed E-state index contributed by atoms with van der Waals surface area (Å²) in [5.74, 6) is 1.56. The third kappa shape index (κ3) is 3.01. The number of anilines is 1. The Kier molecular flexibility index (Phi) is 4.07. The molecule has 0 radical (unpaired) electrons. The Hall–Kier alpha value is -1.67. The van der Waals surface area contributed by atoms with Gasteiger partial charge in [0.05, 0.1) is 7.11 Å². The van der Waals surface area contributed by atoms with Crippen LogP contribution in [0.4, 0.5) is 5.69 Å². The number of hydrogen-bond acceptors (Lipinski definition) is 2. The van der Waals surface area contributed by atoms with E-state index in [-0.39, 0.29) is 0 Å². The van der Waals surface area contributed by atoms with Crippen LogP contribution in [-0.4, -0.2) is 13.2 Å². The van der Waals surface area contributed by atoms with Gasteiger partial charge in [-0.1, -0.05) is 29.8 Å². The summed E-state index contributed by atoms with van der Waals surface area (Å²) in [7, 11) is 1.71. The molecule has 3 heteroatoms. The molecular formula is C18H20ClNO. The fraction of sp³-hybridized carbons (Fsp3) is 0.333. The molecule has 1 aliphatic rings. The maximum Gasteiger partial charge on any atom is 0.119 e. The van der Waals surface area contributed by atoms with Gasteiger partial charge in [-0.2, -0.15) is 0 Å². The summed E-state index contributed by atoms with van der Waals surface area (Å²) in [5, 5.41) is 4.42. The summed E-state index contributed by atoms with van der Waals surface area (Å²) in [5.41, 5.74) is 3.65. The van der Waals surface area contributed by atoms with E-state index in [9.17, 15) is 0 Å². The third-order valence-corrected chi connectivity index (χ3v) is 4.74. The van der Waals surface area contributed by atoms with Gasteiger partial charge < -0.3 is 10.1 Å². The lowest BCUT2D eigenvalue weighted by atomic mass is 9.75. The normalized spacial score (nSPS) is 20.7. The van der Waals surface area contributed by atoms with Crippen LogP contribution in [0.2, 0.25) is 5.02 Å². The molecule has 0 atom stereocenters. The van der Waals surface area contributed by atoms with Crippen LogP contribution in [0, 0.1) is 6.92 Å². The van der Waals surface area contributed by atoms with Gasteiger partial charge in [0.2, 0.25) is 0 Å². The highest BCUT2D eigenvalue weighted by Gasteiger charge is 2.30. The molecule has 0 saturated heterocycles. The first-order chi connectivity index (χ1) is 10.2. The minimum Gasteiger partial charge on any atom is -0.497 e. The number of hydrogen-bond donors (Lipinski definition) is 1. The second-order valence-corrected chi connectivity index (χ2v) is 6.11. The molecule has 0 aromatic heterocycles. The molecule has 2 nitrogen and oxygen atoms in total. The van der Waals surface area contributed by atoms with Crippen molar-refractivity contribution in [1.82, 2.24) is 0 Å². The van der Waals surface area contributed by atoms with E-state index in [0.29, 0.717) is 12.0 Å². The maximum absolute atomic E-state index is 6.16. The van der Waals surface area contributed by atoms with Gasteiger partial charge in [-0.3, -0.25) is 0 Å². The van der Waals surface area contributed by atoms with E-state index < -0.39 is 0 Å². The van der Waals surface area contributed by atoms with E-state index in [2.05, 4.69) is 36.5 Å². The number of nitrogens with one attached hydrogen (secondary N) is 1. The van der Waals surface area contributed by atoms with Crippen LogP contribution in [-0.2, 0) is 0 Å². The van der Waals surface area contributed by atoms with Crippen LogP contribution < -0.4 is 10.1 Å². The molecule has 0 unspecified atom stereocenters. The molecule has 0 heterocycles. The Bertz CT molecular complexity index is 635. The predicted octanol–water partition coefficient (Wildman–Crippen LogP) is 5.02. The van der Waals surface area contributed by atoms with Gasteiger partial charge in [-0.05, 0) is 61.1 Å². The average molecular weight is 302 g/mol. The summed E-state index contributed by atoms with van der Waals surface area (Å²) in [6.45, 7) is 2.06. The van der Waals surface area contributed by atoms with Gasteiger partial charge in [0.25, 0.3) is 0 Å². The molecular weight excluding hydrogens is 282 g/mol. The molecule has 0 amide bonds. The first-order valence-corrected chi connectivity index (χ1v) is 7.71. The SMILES string of the molecule is COc1cccc(C2CC(Nc3cccc(Cl)c3C)C2)c1. The predicted molar refractivity (Wildman–Crippen MR) is 88.6 cm³/mol. The van der Waals surface area contributed by atoms with Crippen molar-refractivity contribution in [2.75, 3.05) is 12.4 Å². The highest BCUT2D eigenvalue weighted by molar-refractivity contribution is 6.31. The zero-order valence-corrected chi connectivity index (χ0v) is 13.2. The van der Waals surface area contributed by atoms with Crippen molar-refractivity contribution >= 4 is 17.3 Å². The number of benzene rings is 2. The molecule has 3 rings (SSSR count). The molecule has 0 spiro atoms. The Balaban J connectivity index is 1.62. The van der Waals surface area contributed by atoms with E-state index in [0.717, 1.165) is 34.9 Å². The van der Waals surface area contributed by atoms with Gasteiger partial charge in [0.1, 0.15) is 5.75 Å². The molecule has 110 valence electrons. The molecule has 2 aromatic carbocycles. The Morgan fingerprint density at radius 1 is 1.14 bits per heavy atom. The molecule has 1 saturated carbocycles. The summed E-state index contributed by atoms with van der Waals surface area (Å²) in [4.78, 5) is 0. The maximum atomic E-state index is 6.16. The van der Waals surface area contributed by atoms with Crippen LogP contribution in [0.3, 0.4) is 0 Å². The topological polar surface area (TPSA) is 21.3 Å². The Morgan fingerprint density at radius 2 is 1.90 bits per heavy atom. The van der Waals surface area contributed by atoms with Crippen LogP contribution >= 0.6 is 11.6 Å². The van der Waals surface area contributed by atoms with Crippen molar-refractivity contribution in [3.8, 4) is 5.75 Å². The minimum atomic E-state index is 0.526. The lowest BCUT2D eigenvalue weighted by Crippen LogP contribution is -2.34. The molecule has 1 fully saturated rings. The number of rotatable bonds is 4. The van der Waals surface area contributed by atoms with Crippen LogP contribution in [0.25, 0.3) is 0 Å². The lowest BCUT2D eigenvalue weighted by Gasteiger charge is -2.37. The largest absolute Gasteiger partial charge is 0.497 e. The third-order valence-electron chi connectivity index (χ3n) is 4.33. The quantitative estimate of drug-likeness (QED) is 0.856. The molecule has 2 aromatic rings. The van der Waals surface area contributed by atoms with Gasteiger partial charge >= 0.3 is 0 Å². The molecule has 21 heavy (non-hydrogen) atoms. The van der Waals surface area contributed by atoms with Crippen molar-refractivity contribution < 1.29 is 4.74 Å². The second kappa shape index (κ2) is 5.98. The smallest absolute Gasteiger partial charge is 0.119 e. The summed E-state index contributed by atoms with van der Waals surface area (Å²) >= 11 is 6.16.